The van der Waals surface area contributed by atoms with E-state index in [9.17, 15) is 8.22 Å². The lowest BCUT2D eigenvalue weighted by atomic mass is 9.65. The second-order valence-corrected chi connectivity index (χ2v) is 18.7. The maximum Gasteiger partial charge on any atom is 0.0726 e. The van der Waals surface area contributed by atoms with Crippen LogP contribution in [0.15, 0.2) is 297 Å². The molecule has 0 aliphatic heterocycles. The summed E-state index contributed by atoms with van der Waals surface area (Å²) in [6, 6.07) is 84.2. The Balaban J connectivity index is 1.18. The van der Waals surface area contributed by atoms with Crippen molar-refractivity contribution in [3.63, 3.8) is 0 Å². The maximum absolute atomic E-state index is 10.4. The average Bonchev–Trinajstić information content (AvgIpc) is 2.28. The first-order valence-electron chi connectivity index (χ1n) is 28.4. The topological polar surface area (TPSA) is 11.4 Å². The molecule has 3 nitrogen and oxygen atoms in total. The van der Waals surface area contributed by atoms with Gasteiger partial charge in [-0.05, 0) is 141 Å². The number of aromatic nitrogens is 1. The van der Waals surface area contributed by atoms with Gasteiger partial charge in [0.05, 0.1) is 31.7 Å². The number of hydrogen-bond donors (Lipinski definition) is 0. The van der Waals surface area contributed by atoms with E-state index in [0.717, 1.165) is 101 Å². The minimum atomic E-state index is -1.58. The van der Waals surface area contributed by atoms with Crippen molar-refractivity contribution < 1.29 is 9.60 Å². The van der Waals surface area contributed by atoms with E-state index in [1.165, 1.54) is 0 Å². The van der Waals surface area contributed by atoms with Crippen molar-refractivity contribution in [3.05, 3.63) is 319 Å². The molecule has 0 spiro atoms. The molecule has 1 atom stereocenters. The minimum Gasteiger partial charge on any atom is -0.310 e. The fraction of sp³-hybridized carbons (Fsp3) is 0.0141. The highest BCUT2D eigenvalue weighted by Gasteiger charge is 2.49. The van der Waals surface area contributed by atoms with Gasteiger partial charge in [0.2, 0.25) is 0 Å². The van der Waals surface area contributed by atoms with Gasteiger partial charge in [-0.15, -0.1) is 0 Å². The van der Waals surface area contributed by atoms with Crippen LogP contribution in [-0.2, 0) is 5.41 Å². The van der Waals surface area contributed by atoms with Crippen LogP contribution in [0.4, 0.5) is 34.1 Å². The van der Waals surface area contributed by atoms with Crippen molar-refractivity contribution >= 4 is 66.7 Å². The third kappa shape index (κ3) is 6.82. The number of rotatable bonds is 10. The van der Waals surface area contributed by atoms with Crippen molar-refractivity contribution in [2.45, 2.75) is 5.41 Å². The van der Waals surface area contributed by atoms with Gasteiger partial charge in [0, 0.05) is 50.5 Å². The molecule has 3 heteroatoms. The quantitative estimate of drug-likeness (QED) is 0.135. The van der Waals surface area contributed by atoms with Gasteiger partial charge in [-0.1, -0.05) is 206 Å². The highest BCUT2D eigenvalue weighted by atomic mass is 15.1. The Bertz CT molecular complexity index is 4560. The number of anilines is 6. The highest BCUT2D eigenvalue weighted by molar-refractivity contribution is 6.13. The van der Waals surface area contributed by atoms with Gasteiger partial charge < -0.3 is 14.4 Å². The third-order valence-corrected chi connectivity index (χ3v) is 14.7. The van der Waals surface area contributed by atoms with Gasteiger partial charge in [0.15, 0.2) is 0 Å². The fourth-order valence-electron chi connectivity index (χ4n) is 11.7. The molecule has 13 aromatic rings. The summed E-state index contributed by atoms with van der Waals surface area (Å²) in [5, 5.41) is 1.73. The monoisotopic (exact) mass is 950 g/mol. The predicted molar refractivity (Wildman–Crippen MR) is 310 cm³/mol. The van der Waals surface area contributed by atoms with Gasteiger partial charge in [-0.3, -0.25) is 0 Å². The summed E-state index contributed by atoms with van der Waals surface area (Å²) in [7, 11) is 0. The van der Waals surface area contributed by atoms with Gasteiger partial charge >= 0.3 is 0 Å². The van der Waals surface area contributed by atoms with E-state index in [0.29, 0.717) is 0 Å². The maximum atomic E-state index is 10.4. The summed E-state index contributed by atoms with van der Waals surface area (Å²) in [5.74, 6) is 0. The Morgan fingerprint density at radius 2 is 0.865 bits per heavy atom. The molecule has 1 aromatic heterocycles. The van der Waals surface area contributed by atoms with E-state index >= 15 is 0 Å². The van der Waals surface area contributed by atoms with Gasteiger partial charge in [-0.25, -0.2) is 0 Å². The molecule has 0 saturated heterocycles. The summed E-state index contributed by atoms with van der Waals surface area (Å²) >= 11 is 0. The van der Waals surface area contributed by atoms with Crippen LogP contribution in [0.25, 0.3) is 60.5 Å². The lowest BCUT2D eigenvalue weighted by molar-refractivity contribution is 0.785. The molecule has 1 aliphatic carbocycles. The van der Waals surface area contributed by atoms with Crippen LogP contribution in [0.2, 0.25) is 0 Å². The third-order valence-electron chi connectivity index (χ3n) is 14.7. The molecule has 0 saturated carbocycles. The second-order valence-electron chi connectivity index (χ2n) is 18.7. The lowest BCUT2D eigenvalue weighted by Crippen LogP contribution is -2.29. The van der Waals surface area contributed by atoms with Crippen LogP contribution in [0.3, 0.4) is 0 Å². The van der Waals surface area contributed by atoms with E-state index in [1.54, 1.807) is 0 Å². The molecule has 0 N–H and O–H groups in total. The van der Waals surface area contributed by atoms with Crippen LogP contribution in [0, 0.1) is 0 Å². The summed E-state index contributed by atoms with van der Waals surface area (Å²) in [4.78, 5) is 4.50. The summed E-state index contributed by atoms with van der Waals surface area (Å²) < 4.78 is 69.6. The standard InChI is InChI=1S/C71H49N3/c1-6-24-51(25-7-1)59-37-18-20-41-67(59)73(54-32-12-4-13-33-54)57-45-47-65-62(49-57)61-48-56(72(52-28-8-2-9-29-52)53-30-10-3-11-31-53)44-46-64(61)71(65,63-39-22-27-50-26-16-17-36-58(50)63)66-40-23-43-69-70(66)60-38-19-21-42-68(60)74(69)55-34-14-5-15-35-55/h1-49H/i16D,17D,22D,26D,27D,36D,39D. The van der Waals surface area contributed by atoms with Gasteiger partial charge in [-0.2, -0.15) is 0 Å². The van der Waals surface area contributed by atoms with Gasteiger partial charge in [0.25, 0.3) is 0 Å². The predicted octanol–water partition coefficient (Wildman–Crippen LogP) is 18.9. The average molecular weight is 951 g/mol. The van der Waals surface area contributed by atoms with Crippen LogP contribution in [-0.4, -0.2) is 4.57 Å². The Morgan fingerprint density at radius 1 is 0.338 bits per heavy atom. The first kappa shape index (κ1) is 36.3. The number of benzene rings is 12. The zero-order valence-corrected chi connectivity index (χ0v) is 40.1. The second kappa shape index (κ2) is 17.9. The van der Waals surface area contributed by atoms with Crippen molar-refractivity contribution in [2.24, 2.45) is 0 Å². The van der Waals surface area contributed by atoms with Crippen LogP contribution in [0.1, 0.15) is 31.8 Å². The molecule has 0 radical (unpaired) electrons. The van der Waals surface area contributed by atoms with E-state index in [1.807, 2.05) is 97.1 Å². The largest absolute Gasteiger partial charge is 0.310 e. The summed E-state index contributed by atoms with van der Waals surface area (Å²) in [6.07, 6.45) is 0. The smallest absolute Gasteiger partial charge is 0.0726 e. The van der Waals surface area contributed by atoms with E-state index in [4.69, 9.17) is 1.37 Å². The Morgan fingerprint density at radius 3 is 1.54 bits per heavy atom. The van der Waals surface area contributed by atoms with Crippen LogP contribution in [0.5, 0.6) is 0 Å². The molecule has 0 amide bonds. The van der Waals surface area contributed by atoms with Crippen LogP contribution >= 0.6 is 0 Å². The minimum absolute atomic E-state index is 0.0284. The van der Waals surface area contributed by atoms with Crippen LogP contribution < -0.4 is 9.80 Å². The van der Waals surface area contributed by atoms with Gasteiger partial charge in [0.1, 0.15) is 0 Å². The molecule has 1 aliphatic rings. The molecule has 1 unspecified atom stereocenters. The Kier molecular flexibility index (Phi) is 8.75. The van der Waals surface area contributed by atoms with Crippen molar-refractivity contribution in [1.29, 1.82) is 0 Å². The Hall–Kier alpha value is -9.70. The fourth-order valence-corrected chi connectivity index (χ4v) is 11.7. The molecule has 1 heterocycles. The Labute approximate surface area is 441 Å². The molecule has 0 fully saturated rings. The number of fused-ring (bicyclic) bond motifs is 7. The molecular weight excluding hydrogens is 895 g/mol. The summed E-state index contributed by atoms with van der Waals surface area (Å²) in [5.41, 5.74) is 12.8. The lowest BCUT2D eigenvalue weighted by Gasteiger charge is -2.36. The SMILES string of the molecule is [2H]c1c([2H])c([2H])c2c(C3(c4cccc5c4c4ccccc4n5-c4ccccc4)c4ccc(N(c5ccccc5)c5ccccc5)cc4-c4cc(N(c5ccccc5)c5ccccc5-c5ccccc5)ccc43)c([2H])c([2H])c([2H])c2c1[2H]. The first-order valence-corrected chi connectivity index (χ1v) is 24.9. The van der Waals surface area contributed by atoms with E-state index in [-0.39, 0.29) is 28.4 Å². The molecule has 12 aromatic carbocycles. The summed E-state index contributed by atoms with van der Waals surface area (Å²) in [6.45, 7) is 0. The normalized spacial score (nSPS) is 15.1. The highest BCUT2D eigenvalue weighted by Crippen LogP contribution is 2.61. The zero-order chi connectivity index (χ0) is 55.1. The van der Waals surface area contributed by atoms with Crippen molar-refractivity contribution in [1.82, 2.24) is 4.57 Å². The van der Waals surface area contributed by atoms with Crippen molar-refractivity contribution in [3.8, 4) is 27.9 Å². The zero-order valence-electron chi connectivity index (χ0n) is 47.1. The first-order chi connectivity index (χ1) is 39.7. The van der Waals surface area contributed by atoms with Crippen molar-refractivity contribution in [2.75, 3.05) is 9.80 Å². The number of nitrogens with zero attached hydrogens (tertiary/aromatic N) is 3. The molecule has 348 valence electrons. The number of hydrogen-bond acceptors (Lipinski definition) is 2. The molecule has 14 rings (SSSR count). The molecule has 0 bridgehead atoms. The van der Waals surface area contributed by atoms with E-state index in [2.05, 4.69) is 172 Å². The van der Waals surface area contributed by atoms with E-state index < -0.39 is 35.6 Å². The number of para-hydroxylation sites is 6. The molecular formula is C71H49N3. The molecule has 74 heavy (non-hydrogen) atoms.